The van der Waals surface area contributed by atoms with Crippen LogP contribution in [-0.2, 0) is 13.1 Å². The van der Waals surface area contributed by atoms with Crippen LogP contribution >= 0.6 is 23.5 Å². The van der Waals surface area contributed by atoms with Crippen LogP contribution in [0.4, 0.5) is 0 Å². The molecule has 0 unspecified atom stereocenters. The number of hydrogen-bond acceptors (Lipinski definition) is 2. The lowest BCUT2D eigenvalue weighted by Crippen LogP contribution is -2.74. The maximum absolute atomic E-state index is 3.75. The molecule has 0 heterocycles. The van der Waals surface area contributed by atoms with Gasteiger partial charge >= 0.3 is 10.3 Å². The molecule has 0 aliphatic heterocycles. The number of nitrogens with one attached hydrogen (secondary N) is 4. The molecular formula is C42H80N4S2+2. The van der Waals surface area contributed by atoms with Crippen LogP contribution in [0.2, 0.25) is 0 Å². The molecule has 6 heteroatoms. The van der Waals surface area contributed by atoms with Crippen LogP contribution in [0, 0.1) is 0 Å². The Morgan fingerprint density at radius 2 is 0.792 bits per heavy atom. The zero-order valence-corrected chi connectivity index (χ0v) is 34.0. The summed E-state index contributed by atoms with van der Waals surface area (Å²) < 4.78 is 0. The van der Waals surface area contributed by atoms with E-state index in [1.165, 1.54) is 187 Å². The molecule has 0 spiro atoms. The fourth-order valence-electron chi connectivity index (χ4n) is 5.81. The van der Waals surface area contributed by atoms with Crippen LogP contribution in [0.5, 0.6) is 0 Å². The number of benzene rings is 1. The Morgan fingerprint density at radius 3 is 1.15 bits per heavy atom. The van der Waals surface area contributed by atoms with E-state index >= 15 is 0 Å². The highest BCUT2D eigenvalue weighted by Gasteiger charge is 2.09. The monoisotopic (exact) mass is 705 g/mol. The largest absolute Gasteiger partial charge is 0.304 e. The first-order valence-corrected chi connectivity index (χ1v) is 22.7. The van der Waals surface area contributed by atoms with E-state index < -0.39 is 0 Å². The second-order valence-corrected chi connectivity index (χ2v) is 16.0. The molecule has 0 aliphatic carbocycles. The number of amidine groups is 2. The highest BCUT2D eigenvalue weighted by Crippen LogP contribution is 2.12. The molecule has 4 N–H and O–H groups in total. The Kier molecular flexibility index (Phi) is 33.4. The lowest BCUT2D eigenvalue weighted by molar-refractivity contribution is -0.475. The zero-order chi connectivity index (χ0) is 34.6. The first-order valence-electron chi connectivity index (χ1n) is 20.8. The highest BCUT2D eigenvalue weighted by atomic mass is 32.2. The molecule has 0 aliphatic rings. The van der Waals surface area contributed by atoms with Gasteiger partial charge in [-0.1, -0.05) is 161 Å². The van der Waals surface area contributed by atoms with Crippen molar-refractivity contribution in [1.29, 1.82) is 0 Å². The van der Waals surface area contributed by atoms with E-state index in [1.807, 2.05) is 23.5 Å². The zero-order valence-electron chi connectivity index (χ0n) is 32.3. The van der Waals surface area contributed by atoms with Crippen molar-refractivity contribution in [2.45, 2.75) is 195 Å². The minimum Gasteiger partial charge on any atom is -0.269 e. The van der Waals surface area contributed by atoms with Gasteiger partial charge in [-0.3, -0.25) is 20.6 Å². The molecule has 0 fully saturated rings. The molecule has 0 aromatic heterocycles. The Balaban J connectivity index is 2.50. The number of thioether (sulfide) groups is 2. The topological polar surface area (TPSA) is 52.0 Å². The SMILES string of the molecule is CCCCCCCCCCCCNC(=[NH+]Cc1cccc(C[NH+]=C(NCCCCCCCCCCCC)SCCCC)c1)SCCCC. The summed E-state index contributed by atoms with van der Waals surface area (Å²) in [5.74, 6) is 2.35. The Morgan fingerprint density at radius 1 is 0.458 bits per heavy atom. The molecule has 0 amide bonds. The van der Waals surface area contributed by atoms with Gasteiger partial charge < -0.3 is 0 Å². The van der Waals surface area contributed by atoms with E-state index in [1.54, 1.807) is 0 Å². The summed E-state index contributed by atoms with van der Waals surface area (Å²) in [7, 11) is 0. The normalized spacial score (nSPS) is 12.2. The van der Waals surface area contributed by atoms with Gasteiger partial charge in [0.2, 0.25) is 0 Å². The lowest BCUT2D eigenvalue weighted by Gasteiger charge is -2.06. The second kappa shape index (κ2) is 35.7. The van der Waals surface area contributed by atoms with Crippen molar-refractivity contribution in [1.82, 2.24) is 10.6 Å². The fraction of sp³-hybridized carbons (Fsp3) is 0.810. The van der Waals surface area contributed by atoms with Crippen molar-refractivity contribution in [2.24, 2.45) is 0 Å². The fourth-order valence-corrected chi connectivity index (χ4v) is 7.84. The van der Waals surface area contributed by atoms with Crippen LogP contribution in [0.25, 0.3) is 0 Å². The van der Waals surface area contributed by atoms with Crippen LogP contribution in [0.15, 0.2) is 24.3 Å². The first-order chi connectivity index (χ1) is 23.7. The molecule has 0 saturated heterocycles. The van der Waals surface area contributed by atoms with Crippen LogP contribution in [0.3, 0.4) is 0 Å². The summed E-state index contributed by atoms with van der Waals surface area (Å²) in [5.41, 5.74) is 2.70. The van der Waals surface area contributed by atoms with Crippen molar-refractivity contribution < 1.29 is 9.98 Å². The Labute approximate surface area is 308 Å². The smallest absolute Gasteiger partial charge is 0.269 e. The third kappa shape index (κ3) is 28.7. The van der Waals surface area contributed by atoms with Crippen molar-refractivity contribution in [3.8, 4) is 0 Å². The van der Waals surface area contributed by atoms with Gasteiger partial charge in [0, 0.05) is 11.5 Å². The van der Waals surface area contributed by atoms with E-state index in [4.69, 9.17) is 0 Å². The highest BCUT2D eigenvalue weighted by molar-refractivity contribution is 8.13. The first kappa shape index (κ1) is 44.9. The van der Waals surface area contributed by atoms with Gasteiger partial charge in [-0.25, -0.2) is 0 Å². The molecule has 0 bridgehead atoms. The number of unbranched alkanes of at least 4 members (excludes halogenated alkanes) is 20. The summed E-state index contributed by atoms with van der Waals surface area (Å²) >= 11 is 3.92. The van der Waals surface area contributed by atoms with Gasteiger partial charge in [-0.2, -0.15) is 0 Å². The van der Waals surface area contributed by atoms with Gasteiger partial charge in [0.15, 0.2) is 0 Å². The van der Waals surface area contributed by atoms with Gasteiger partial charge in [-0.05, 0) is 79.2 Å². The Hall–Kier alpha value is -1.14. The molecule has 0 atom stereocenters. The molecule has 1 aromatic carbocycles. The van der Waals surface area contributed by atoms with Crippen LogP contribution < -0.4 is 20.6 Å². The average Bonchev–Trinajstić information content (AvgIpc) is 3.10. The predicted octanol–water partition coefficient (Wildman–Crippen LogP) is 9.65. The minimum absolute atomic E-state index is 0.867. The molecule has 278 valence electrons. The van der Waals surface area contributed by atoms with Crippen molar-refractivity contribution >= 4 is 33.9 Å². The van der Waals surface area contributed by atoms with Crippen molar-refractivity contribution in [3.63, 3.8) is 0 Å². The van der Waals surface area contributed by atoms with Gasteiger partial charge in [0.05, 0.1) is 13.1 Å². The molecule has 4 nitrogen and oxygen atoms in total. The molecule has 0 saturated carbocycles. The third-order valence-electron chi connectivity index (χ3n) is 9.02. The van der Waals surface area contributed by atoms with Gasteiger partial charge in [-0.15, -0.1) is 0 Å². The molecule has 1 aromatic rings. The average molecular weight is 705 g/mol. The van der Waals surface area contributed by atoms with Gasteiger partial charge in [0.1, 0.15) is 13.1 Å². The van der Waals surface area contributed by atoms with E-state index in [0.29, 0.717) is 0 Å². The quantitative estimate of drug-likeness (QED) is 0.0343. The van der Waals surface area contributed by atoms with E-state index in [2.05, 4.69) is 72.6 Å². The maximum atomic E-state index is 3.75. The summed E-state index contributed by atoms with van der Waals surface area (Å²) in [6.45, 7) is 13.0. The lowest BCUT2D eigenvalue weighted by atomic mass is 10.1. The minimum atomic E-state index is 0.867. The van der Waals surface area contributed by atoms with Crippen molar-refractivity contribution in [3.05, 3.63) is 35.4 Å². The predicted molar refractivity (Wildman–Crippen MR) is 220 cm³/mol. The summed E-state index contributed by atoms with van der Waals surface area (Å²) in [5, 5.41) is 9.99. The summed E-state index contributed by atoms with van der Waals surface area (Å²) in [6.07, 6.45) is 32.7. The molecule has 48 heavy (non-hydrogen) atoms. The summed E-state index contributed by atoms with van der Waals surface area (Å²) in [4.78, 5) is 7.49. The number of hydrogen-bond donors (Lipinski definition) is 4. The molecular weight excluding hydrogens is 625 g/mol. The van der Waals surface area contributed by atoms with Crippen molar-refractivity contribution in [2.75, 3.05) is 24.6 Å². The van der Waals surface area contributed by atoms with Crippen LogP contribution in [0.1, 0.15) is 193 Å². The standard InChI is InChI=1S/C42H78N4S2/c1-5-9-13-15-17-19-21-23-25-27-32-43-41(47-34-11-7-3)45-37-39-30-29-31-40(36-39)38-46-42(48-35-12-8-4)44-33-28-26-24-22-20-18-16-14-10-6-2/h29-31,36H,5-28,32-35,37-38H2,1-4H3,(H,43,45)(H,44,46)/p+2. The van der Waals surface area contributed by atoms with Crippen LogP contribution in [-0.4, -0.2) is 34.9 Å². The van der Waals surface area contributed by atoms with E-state index in [0.717, 1.165) is 26.2 Å². The third-order valence-corrected chi connectivity index (χ3v) is 11.2. The van der Waals surface area contributed by atoms with Gasteiger partial charge in [0.25, 0.3) is 0 Å². The van der Waals surface area contributed by atoms with E-state index in [9.17, 15) is 0 Å². The molecule has 1 rings (SSSR count). The Bertz CT molecular complexity index is 821. The van der Waals surface area contributed by atoms with E-state index in [-0.39, 0.29) is 0 Å². The number of rotatable bonds is 32. The maximum Gasteiger partial charge on any atom is 0.304 e. The second-order valence-electron chi connectivity index (χ2n) is 13.8. The molecule has 0 radical (unpaired) electrons. The summed E-state index contributed by atoms with van der Waals surface area (Å²) in [6, 6.07) is 9.11.